The second-order valence-electron chi connectivity index (χ2n) is 4.26. The first-order chi connectivity index (χ1) is 7.34. The summed E-state index contributed by atoms with van der Waals surface area (Å²) in [5.74, 6) is -0.256. The van der Waals surface area contributed by atoms with Crippen LogP contribution in [0.15, 0.2) is 30.3 Å². The van der Waals surface area contributed by atoms with E-state index in [0.717, 1.165) is 0 Å². The minimum atomic E-state index is -0.500. The Hall–Kier alpha value is -1.35. The second kappa shape index (κ2) is 7.01. The van der Waals surface area contributed by atoms with Crippen LogP contribution in [-0.4, -0.2) is 23.3 Å². The van der Waals surface area contributed by atoms with E-state index in [9.17, 15) is 4.79 Å². The summed E-state index contributed by atoms with van der Waals surface area (Å²) in [5.41, 5.74) is 0.106. The molecule has 1 aromatic rings. The van der Waals surface area contributed by atoms with Crippen LogP contribution in [0.2, 0.25) is 0 Å². The molecule has 3 heteroatoms. The molecule has 0 saturated heterocycles. The lowest BCUT2D eigenvalue weighted by atomic mass is 10.2. The van der Waals surface area contributed by atoms with Crippen LogP contribution < -0.4 is 0 Å². The number of benzene rings is 1. The zero-order valence-electron chi connectivity index (χ0n) is 10.4. The molecule has 1 aromatic carbocycles. The Bertz CT molecular complexity index is 293. The van der Waals surface area contributed by atoms with Crippen molar-refractivity contribution >= 4 is 5.97 Å². The maximum Gasteiger partial charge on any atom is 0.338 e. The molecule has 0 bridgehead atoms. The van der Waals surface area contributed by atoms with E-state index in [1.165, 1.54) is 0 Å². The number of ether oxygens (including phenoxy) is 1. The van der Waals surface area contributed by atoms with E-state index in [1.807, 2.05) is 18.2 Å². The van der Waals surface area contributed by atoms with Gasteiger partial charge in [0, 0.05) is 0 Å². The van der Waals surface area contributed by atoms with Gasteiger partial charge in [-0.3, -0.25) is 0 Å². The van der Waals surface area contributed by atoms with Crippen LogP contribution in [0.5, 0.6) is 0 Å². The Labute approximate surface area is 97.1 Å². The van der Waals surface area contributed by atoms with Crippen LogP contribution in [-0.2, 0) is 4.74 Å². The van der Waals surface area contributed by atoms with Crippen LogP contribution in [0.1, 0.15) is 38.1 Å². The van der Waals surface area contributed by atoms with Crippen LogP contribution in [0.4, 0.5) is 0 Å². The number of hydrogen-bond donors (Lipinski definition) is 1. The normalized spacial score (nSPS) is 10.1. The van der Waals surface area contributed by atoms with Crippen molar-refractivity contribution in [1.29, 1.82) is 0 Å². The van der Waals surface area contributed by atoms with Gasteiger partial charge in [-0.25, -0.2) is 4.79 Å². The fraction of sp³-hybridized carbons (Fsp3) is 0.462. The Kier molecular flexibility index (Phi) is 6.42. The number of carbonyl (C=O) groups excluding carboxylic acids is 1. The molecule has 1 rings (SSSR count). The van der Waals surface area contributed by atoms with Gasteiger partial charge >= 0.3 is 5.97 Å². The highest BCUT2D eigenvalue weighted by Gasteiger charge is 2.02. The molecular formula is C13H20O3. The molecular weight excluding hydrogens is 204 g/mol. The molecule has 0 heterocycles. The average Bonchev–Trinajstić information content (AvgIpc) is 2.17. The van der Waals surface area contributed by atoms with Crippen molar-refractivity contribution in [3.05, 3.63) is 35.9 Å². The Balaban J connectivity index is 0.000000385. The first kappa shape index (κ1) is 14.6. The molecule has 0 aliphatic carbocycles. The molecule has 0 saturated carbocycles. The maximum absolute atomic E-state index is 11.0. The Morgan fingerprint density at radius 3 is 2.06 bits per heavy atom. The van der Waals surface area contributed by atoms with Crippen molar-refractivity contribution in [3.63, 3.8) is 0 Å². The minimum Gasteiger partial charge on any atom is -0.462 e. The molecule has 90 valence electrons. The van der Waals surface area contributed by atoms with E-state index < -0.39 is 5.60 Å². The minimum absolute atomic E-state index is 0.256. The monoisotopic (exact) mass is 224 g/mol. The third-order valence-electron chi connectivity index (χ3n) is 1.28. The third-order valence-corrected chi connectivity index (χ3v) is 1.28. The van der Waals surface area contributed by atoms with E-state index in [-0.39, 0.29) is 5.97 Å². The summed E-state index contributed by atoms with van der Waals surface area (Å²) in [5, 5.41) is 8.52. The summed E-state index contributed by atoms with van der Waals surface area (Å²) in [6, 6.07) is 8.96. The van der Waals surface area contributed by atoms with Crippen LogP contribution in [0, 0.1) is 0 Å². The van der Waals surface area contributed by atoms with Crippen molar-refractivity contribution < 1.29 is 14.6 Å². The molecule has 0 spiro atoms. The van der Waals surface area contributed by atoms with Crippen molar-refractivity contribution in [3.8, 4) is 0 Å². The van der Waals surface area contributed by atoms with E-state index >= 15 is 0 Å². The SMILES string of the molecule is CC(C)(C)O.CCOC(=O)c1ccccc1. The van der Waals surface area contributed by atoms with E-state index in [1.54, 1.807) is 39.8 Å². The zero-order valence-corrected chi connectivity index (χ0v) is 10.4. The first-order valence-electron chi connectivity index (χ1n) is 5.29. The predicted molar refractivity (Wildman–Crippen MR) is 64.4 cm³/mol. The molecule has 0 amide bonds. The van der Waals surface area contributed by atoms with Gasteiger partial charge in [-0.05, 0) is 39.8 Å². The van der Waals surface area contributed by atoms with Gasteiger partial charge in [0.15, 0.2) is 0 Å². The second-order valence-corrected chi connectivity index (χ2v) is 4.26. The quantitative estimate of drug-likeness (QED) is 0.785. The van der Waals surface area contributed by atoms with Crippen LogP contribution >= 0.6 is 0 Å². The maximum atomic E-state index is 11.0. The summed E-state index contributed by atoms with van der Waals surface area (Å²) in [4.78, 5) is 11.0. The summed E-state index contributed by atoms with van der Waals surface area (Å²) < 4.78 is 4.79. The van der Waals surface area contributed by atoms with E-state index in [2.05, 4.69) is 0 Å². The highest BCUT2D eigenvalue weighted by atomic mass is 16.5. The largest absolute Gasteiger partial charge is 0.462 e. The van der Waals surface area contributed by atoms with Gasteiger partial charge in [-0.15, -0.1) is 0 Å². The summed E-state index contributed by atoms with van der Waals surface area (Å²) in [7, 11) is 0. The van der Waals surface area contributed by atoms with Gasteiger partial charge in [0.05, 0.1) is 17.8 Å². The third kappa shape index (κ3) is 9.21. The van der Waals surface area contributed by atoms with Crippen molar-refractivity contribution in [2.24, 2.45) is 0 Å². The number of rotatable bonds is 2. The molecule has 16 heavy (non-hydrogen) atoms. The highest BCUT2D eigenvalue weighted by Crippen LogP contribution is 1.99. The Morgan fingerprint density at radius 1 is 1.25 bits per heavy atom. The van der Waals surface area contributed by atoms with Gasteiger partial charge in [0.25, 0.3) is 0 Å². The van der Waals surface area contributed by atoms with Crippen molar-refractivity contribution in [2.75, 3.05) is 6.61 Å². The first-order valence-corrected chi connectivity index (χ1v) is 5.29. The van der Waals surface area contributed by atoms with E-state index in [0.29, 0.717) is 12.2 Å². The molecule has 0 atom stereocenters. The molecule has 1 N–H and O–H groups in total. The van der Waals surface area contributed by atoms with Gasteiger partial charge in [-0.1, -0.05) is 18.2 Å². The fourth-order valence-corrected chi connectivity index (χ4v) is 0.789. The van der Waals surface area contributed by atoms with Gasteiger partial charge in [0.1, 0.15) is 0 Å². The fourth-order valence-electron chi connectivity index (χ4n) is 0.789. The lowest BCUT2D eigenvalue weighted by molar-refractivity contribution is 0.0526. The Morgan fingerprint density at radius 2 is 1.69 bits per heavy atom. The predicted octanol–water partition coefficient (Wildman–Crippen LogP) is 2.64. The van der Waals surface area contributed by atoms with Gasteiger partial charge in [-0.2, -0.15) is 0 Å². The highest BCUT2D eigenvalue weighted by molar-refractivity contribution is 5.89. The molecule has 0 aromatic heterocycles. The summed E-state index contributed by atoms with van der Waals surface area (Å²) in [6.07, 6.45) is 0. The topological polar surface area (TPSA) is 46.5 Å². The lowest BCUT2D eigenvalue weighted by Gasteiger charge is -2.04. The number of carbonyl (C=O) groups is 1. The molecule has 0 unspecified atom stereocenters. The number of hydrogen-bond acceptors (Lipinski definition) is 3. The van der Waals surface area contributed by atoms with Crippen molar-refractivity contribution in [2.45, 2.75) is 33.3 Å². The lowest BCUT2D eigenvalue weighted by Crippen LogP contribution is -2.10. The average molecular weight is 224 g/mol. The molecule has 0 aliphatic rings. The van der Waals surface area contributed by atoms with Crippen molar-refractivity contribution in [1.82, 2.24) is 0 Å². The summed E-state index contributed by atoms with van der Waals surface area (Å²) >= 11 is 0. The summed E-state index contributed by atoms with van der Waals surface area (Å²) in [6.45, 7) is 7.45. The van der Waals surface area contributed by atoms with Crippen LogP contribution in [0.3, 0.4) is 0 Å². The number of aliphatic hydroxyl groups is 1. The molecule has 0 radical (unpaired) electrons. The van der Waals surface area contributed by atoms with E-state index in [4.69, 9.17) is 9.84 Å². The van der Waals surface area contributed by atoms with Crippen LogP contribution in [0.25, 0.3) is 0 Å². The van der Waals surface area contributed by atoms with Gasteiger partial charge in [0.2, 0.25) is 0 Å². The smallest absolute Gasteiger partial charge is 0.338 e. The zero-order chi connectivity index (χ0) is 12.6. The molecule has 3 nitrogen and oxygen atoms in total. The molecule has 0 fully saturated rings. The standard InChI is InChI=1S/C9H10O2.C4H10O/c1-2-11-9(10)8-6-4-3-5-7-8;1-4(2,3)5/h3-7H,2H2,1H3;5H,1-3H3. The molecule has 0 aliphatic heterocycles. The number of esters is 1. The van der Waals surface area contributed by atoms with Gasteiger partial charge < -0.3 is 9.84 Å².